The zero-order chi connectivity index (χ0) is 16.4. The maximum Gasteiger partial charge on any atom is 0.287 e. The van der Waals surface area contributed by atoms with Crippen LogP contribution in [0.3, 0.4) is 0 Å². The van der Waals surface area contributed by atoms with Crippen LogP contribution in [-0.4, -0.2) is 46.8 Å². The zero-order valence-electron chi connectivity index (χ0n) is 12.5. The summed E-state index contributed by atoms with van der Waals surface area (Å²) in [5, 5.41) is 9.67. The number of nitriles is 1. The molecule has 1 fully saturated rings. The van der Waals surface area contributed by atoms with Crippen LogP contribution in [0.1, 0.15) is 16.8 Å². The maximum atomic E-state index is 12.7. The number of rotatable bonds is 2. The first-order chi connectivity index (χ1) is 11.1. The van der Waals surface area contributed by atoms with E-state index in [1.54, 1.807) is 29.3 Å². The molecule has 0 aromatic carbocycles. The van der Waals surface area contributed by atoms with E-state index in [0.29, 0.717) is 30.1 Å². The number of piperidine rings is 1. The van der Waals surface area contributed by atoms with Gasteiger partial charge in [-0.25, -0.2) is 9.98 Å². The van der Waals surface area contributed by atoms with Gasteiger partial charge in [-0.15, -0.1) is 11.8 Å². The molecule has 0 aliphatic carbocycles. The molecule has 23 heavy (non-hydrogen) atoms. The number of thioether (sulfide) groups is 1. The van der Waals surface area contributed by atoms with Gasteiger partial charge < -0.3 is 4.90 Å². The van der Waals surface area contributed by atoms with E-state index in [2.05, 4.69) is 9.98 Å². The minimum Gasteiger partial charge on any atom is -0.337 e. The molecule has 2 aliphatic rings. The summed E-state index contributed by atoms with van der Waals surface area (Å²) in [5.41, 5.74) is 1.39. The highest BCUT2D eigenvalue weighted by molar-refractivity contribution is 7.98. The third-order valence-electron chi connectivity index (χ3n) is 3.93. The van der Waals surface area contributed by atoms with E-state index in [-0.39, 0.29) is 17.4 Å². The van der Waals surface area contributed by atoms with Crippen LogP contribution in [0.2, 0.25) is 0 Å². The molecule has 0 bridgehead atoms. The van der Waals surface area contributed by atoms with E-state index in [1.165, 1.54) is 11.8 Å². The molecule has 1 saturated heterocycles. The molecular weight excluding hydrogens is 312 g/mol. The summed E-state index contributed by atoms with van der Waals surface area (Å²) >= 11 is 1.43. The van der Waals surface area contributed by atoms with Gasteiger partial charge in [-0.2, -0.15) is 5.26 Å². The van der Waals surface area contributed by atoms with Crippen molar-refractivity contribution in [3.8, 4) is 6.07 Å². The number of aliphatic imine (C=N–C) groups is 1. The van der Waals surface area contributed by atoms with Crippen LogP contribution in [0.25, 0.3) is 0 Å². The van der Waals surface area contributed by atoms with Crippen molar-refractivity contribution < 1.29 is 9.59 Å². The van der Waals surface area contributed by atoms with E-state index in [0.717, 1.165) is 5.71 Å². The number of carbonyl (C=O) groups excluding carboxylic acids is 2. The SMILES string of the molecule is CSc1ncccc1C(=O)N1CCC2=NC(=O)C(C#N)=CC2C1. The van der Waals surface area contributed by atoms with Crippen molar-refractivity contribution >= 4 is 29.3 Å². The third-order valence-corrected chi connectivity index (χ3v) is 4.64. The number of fused-ring (bicyclic) bond motifs is 1. The van der Waals surface area contributed by atoms with Crippen LogP contribution >= 0.6 is 11.8 Å². The summed E-state index contributed by atoms with van der Waals surface area (Å²) in [7, 11) is 0. The van der Waals surface area contributed by atoms with Crippen LogP contribution in [0.15, 0.2) is 40.0 Å². The molecule has 1 aromatic rings. The zero-order valence-corrected chi connectivity index (χ0v) is 13.3. The summed E-state index contributed by atoms with van der Waals surface area (Å²) in [4.78, 5) is 34.3. The molecule has 0 saturated carbocycles. The second-order valence-electron chi connectivity index (χ2n) is 5.27. The smallest absolute Gasteiger partial charge is 0.287 e. The molecule has 116 valence electrons. The van der Waals surface area contributed by atoms with Gasteiger partial charge in [-0.1, -0.05) is 6.08 Å². The first-order valence-electron chi connectivity index (χ1n) is 7.16. The highest BCUT2D eigenvalue weighted by Gasteiger charge is 2.32. The molecule has 3 rings (SSSR count). The van der Waals surface area contributed by atoms with Crippen LogP contribution in [-0.2, 0) is 4.79 Å². The summed E-state index contributed by atoms with van der Waals surface area (Å²) in [5.74, 6) is -0.713. The van der Waals surface area contributed by atoms with E-state index < -0.39 is 5.91 Å². The number of aromatic nitrogens is 1. The molecule has 1 atom stereocenters. The van der Waals surface area contributed by atoms with E-state index in [4.69, 9.17) is 5.26 Å². The Morgan fingerprint density at radius 2 is 2.35 bits per heavy atom. The highest BCUT2D eigenvalue weighted by Crippen LogP contribution is 2.25. The van der Waals surface area contributed by atoms with Crippen LogP contribution in [0.4, 0.5) is 0 Å². The molecule has 0 N–H and O–H groups in total. The van der Waals surface area contributed by atoms with E-state index in [1.807, 2.05) is 12.3 Å². The van der Waals surface area contributed by atoms with Crippen molar-refractivity contribution in [2.45, 2.75) is 11.4 Å². The molecule has 0 spiro atoms. The summed E-state index contributed by atoms with van der Waals surface area (Å²) in [6.45, 7) is 0.943. The van der Waals surface area contributed by atoms with Gasteiger partial charge in [-0.3, -0.25) is 9.59 Å². The Morgan fingerprint density at radius 1 is 1.52 bits per heavy atom. The predicted octanol–water partition coefficient (Wildman–Crippen LogP) is 1.70. The average Bonchev–Trinajstić information content (AvgIpc) is 2.60. The second-order valence-corrected chi connectivity index (χ2v) is 6.06. The lowest BCUT2D eigenvalue weighted by molar-refractivity contribution is -0.114. The topological polar surface area (TPSA) is 86.4 Å². The maximum absolute atomic E-state index is 12.7. The van der Waals surface area contributed by atoms with Gasteiger partial charge in [-0.05, 0) is 18.4 Å². The van der Waals surface area contributed by atoms with Gasteiger partial charge in [0.05, 0.1) is 5.56 Å². The largest absolute Gasteiger partial charge is 0.337 e. The van der Waals surface area contributed by atoms with Gasteiger partial charge in [0.25, 0.3) is 11.8 Å². The lowest BCUT2D eigenvalue weighted by atomic mass is 9.90. The molecule has 7 heteroatoms. The lowest BCUT2D eigenvalue weighted by Gasteiger charge is -2.34. The fourth-order valence-corrected chi connectivity index (χ4v) is 3.32. The monoisotopic (exact) mass is 326 g/mol. The Hall–Kier alpha value is -2.46. The van der Waals surface area contributed by atoms with Crippen molar-refractivity contribution in [1.82, 2.24) is 9.88 Å². The fraction of sp³-hybridized carbons (Fsp3) is 0.312. The van der Waals surface area contributed by atoms with Crippen molar-refractivity contribution in [2.75, 3.05) is 19.3 Å². The first-order valence-corrected chi connectivity index (χ1v) is 8.38. The fourth-order valence-electron chi connectivity index (χ4n) is 2.78. The molecule has 0 radical (unpaired) electrons. The van der Waals surface area contributed by atoms with Crippen LogP contribution in [0.5, 0.6) is 0 Å². The number of carbonyl (C=O) groups is 2. The van der Waals surface area contributed by atoms with Gasteiger partial charge in [0.1, 0.15) is 16.7 Å². The van der Waals surface area contributed by atoms with E-state index in [9.17, 15) is 9.59 Å². The molecule has 3 heterocycles. The Kier molecular flexibility index (Phi) is 4.26. The van der Waals surface area contributed by atoms with Crippen LogP contribution in [0, 0.1) is 17.2 Å². The Bertz CT molecular complexity index is 779. The predicted molar refractivity (Wildman–Crippen MR) is 86.2 cm³/mol. The first kappa shape index (κ1) is 15.4. The van der Waals surface area contributed by atoms with Crippen molar-refractivity contribution in [1.29, 1.82) is 5.26 Å². The van der Waals surface area contributed by atoms with Crippen molar-refractivity contribution in [3.05, 3.63) is 35.5 Å². The van der Waals surface area contributed by atoms with Gasteiger partial charge in [0, 0.05) is 37.3 Å². The second kappa shape index (κ2) is 6.34. The summed E-state index contributed by atoms with van der Waals surface area (Å²) in [6, 6.07) is 5.38. The summed E-state index contributed by atoms with van der Waals surface area (Å²) in [6.07, 6.45) is 5.72. The number of hydrogen-bond donors (Lipinski definition) is 0. The number of hydrogen-bond acceptors (Lipinski definition) is 5. The molecule has 2 amide bonds. The molecular formula is C16H14N4O2S. The standard InChI is InChI=1S/C16H14N4O2S/c1-23-15-12(3-2-5-18-15)16(22)20-6-4-13-11(9-20)7-10(8-17)14(21)19-13/h2-3,5,7,11H,4,6,9H2,1H3. The number of nitrogens with zero attached hydrogens (tertiary/aromatic N) is 4. The van der Waals surface area contributed by atoms with Gasteiger partial charge in [0.2, 0.25) is 0 Å². The molecule has 1 aromatic heterocycles. The number of amides is 2. The van der Waals surface area contributed by atoms with Crippen molar-refractivity contribution in [3.63, 3.8) is 0 Å². The third kappa shape index (κ3) is 2.90. The molecule has 1 unspecified atom stereocenters. The highest BCUT2D eigenvalue weighted by atomic mass is 32.2. The minimum atomic E-state index is -0.476. The van der Waals surface area contributed by atoms with E-state index >= 15 is 0 Å². The molecule has 6 nitrogen and oxygen atoms in total. The molecule has 2 aliphatic heterocycles. The Morgan fingerprint density at radius 3 is 3.09 bits per heavy atom. The number of likely N-dealkylation sites (tertiary alicyclic amines) is 1. The number of dihydropyridines is 1. The quantitative estimate of drug-likeness (QED) is 0.772. The number of pyridine rings is 1. The summed E-state index contributed by atoms with van der Waals surface area (Å²) < 4.78 is 0. The van der Waals surface area contributed by atoms with Gasteiger partial charge in [0.15, 0.2) is 0 Å². The Balaban J connectivity index is 1.83. The normalized spacial score (nSPS) is 20.3. The lowest BCUT2D eigenvalue weighted by Crippen LogP contribution is -2.45. The minimum absolute atomic E-state index is 0.0548. The average molecular weight is 326 g/mol. The Labute approximate surface area is 137 Å². The van der Waals surface area contributed by atoms with Crippen molar-refractivity contribution in [2.24, 2.45) is 10.9 Å². The van der Waals surface area contributed by atoms with Gasteiger partial charge >= 0.3 is 0 Å². The van der Waals surface area contributed by atoms with Crippen LogP contribution < -0.4 is 0 Å².